The number of anilines is 1. The Balaban J connectivity index is 1.36. The Morgan fingerprint density at radius 2 is 1.95 bits per heavy atom. The van der Waals surface area contributed by atoms with E-state index in [0.717, 1.165) is 18.1 Å². The topological polar surface area (TPSA) is 141 Å². The lowest BCUT2D eigenvalue weighted by atomic mass is 10.1. The number of amides is 3. The molecule has 3 amide bonds. The van der Waals surface area contributed by atoms with Crippen LogP contribution < -0.4 is 16.0 Å². The molecule has 4 N–H and O–H groups in total. The van der Waals surface area contributed by atoms with Crippen molar-refractivity contribution in [2.45, 2.75) is 64.5 Å². The fraction of sp³-hybridized carbons (Fsp3) is 0.452. The van der Waals surface area contributed by atoms with Crippen LogP contribution in [0.15, 0.2) is 42.7 Å². The first-order chi connectivity index (χ1) is 21.0. The van der Waals surface area contributed by atoms with Gasteiger partial charge in [-0.1, -0.05) is 12.1 Å². The van der Waals surface area contributed by atoms with Crippen LogP contribution in [0.3, 0.4) is 0 Å². The van der Waals surface area contributed by atoms with E-state index in [9.17, 15) is 18.8 Å². The second kappa shape index (κ2) is 14.8. The van der Waals surface area contributed by atoms with Gasteiger partial charge in [0.15, 0.2) is 5.82 Å². The number of hydrogen-bond donors (Lipinski definition) is 4. The summed E-state index contributed by atoms with van der Waals surface area (Å²) in [5, 5.41) is 15.1. The lowest BCUT2D eigenvalue weighted by Gasteiger charge is -2.25. The van der Waals surface area contributed by atoms with Crippen molar-refractivity contribution >= 4 is 23.7 Å². The van der Waals surface area contributed by atoms with Gasteiger partial charge in [-0.05, 0) is 70.2 Å². The van der Waals surface area contributed by atoms with Crippen molar-refractivity contribution in [2.24, 2.45) is 0 Å². The van der Waals surface area contributed by atoms with Gasteiger partial charge in [0, 0.05) is 50.4 Å². The van der Waals surface area contributed by atoms with E-state index in [4.69, 9.17) is 4.74 Å². The number of nitrogens with zero attached hydrogens (tertiary/aromatic N) is 3. The Bertz CT molecular complexity index is 1440. The third-order valence-corrected chi connectivity index (χ3v) is 7.02. The number of pyridine rings is 1. The van der Waals surface area contributed by atoms with E-state index in [1.54, 1.807) is 37.8 Å². The average Bonchev–Trinajstić information content (AvgIpc) is 3.66. The molecule has 1 aliphatic rings. The highest BCUT2D eigenvalue weighted by Crippen LogP contribution is 2.25. The zero-order chi connectivity index (χ0) is 31.7. The van der Waals surface area contributed by atoms with E-state index in [1.807, 2.05) is 0 Å². The van der Waals surface area contributed by atoms with Crippen LogP contribution in [0.5, 0.6) is 0 Å². The number of aromatic nitrogens is 3. The molecule has 1 saturated heterocycles. The van der Waals surface area contributed by atoms with Gasteiger partial charge in [-0.2, -0.15) is 5.10 Å². The number of carbonyl (C=O) groups is 3. The van der Waals surface area contributed by atoms with Crippen LogP contribution in [0.4, 0.5) is 19.4 Å². The van der Waals surface area contributed by atoms with Crippen molar-refractivity contribution in [1.82, 2.24) is 30.7 Å². The Morgan fingerprint density at radius 1 is 1.14 bits per heavy atom. The standard InChI is InChI=1S/C31H39F2N7O4/c1-31(2,3)44-30(43)35-12-5-10-26(41)40-14-6-9-23(40)19-36-29(42)24-16-25(33)27(21-17-37-38-18-21)39-28(24)34-13-11-20-7-4-8-22(32)15-20/h4,7-8,15-18,23H,5-6,9-14,19H2,1-3H3,(H,34,39)(H,35,43)(H,36,42)(H,37,38)/t23-/m1/s1. The molecule has 0 bridgehead atoms. The van der Waals surface area contributed by atoms with Crippen LogP contribution in [-0.4, -0.2) is 75.8 Å². The molecule has 0 aliphatic carbocycles. The second-order valence-corrected chi connectivity index (χ2v) is 11.6. The minimum atomic E-state index is -0.690. The molecule has 4 rings (SSSR count). The maximum Gasteiger partial charge on any atom is 0.407 e. The highest BCUT2D eigenvalue weighted by Gasteiger charge is 2.29. The number of nitrogens with one attached hydrogen (secondary N) is 4. The van der Waals surface area contributed by atoms with E-state index in [0.29, 0.717) is 44.5 Å². The summed E-state index contributed by atoms with van der Waals surface area (Å²) in [7, 11) is 0. The molecule has 1 fully saturated rings. The van der Waals surface area contributed by atoms with Crippen LogP contribution in [0, 0.1) is 11.6 Å². The average molecular weight is 612 g/mol. The monoisotopic (exact) mass is 611 g/mol. The summed E-state index contributed by atoms with van der Waals surface area (Å²) in [5.74, 6) is -1.46. The molecule has 1 aliphatic heterocycles. The summed E-state index contributed by atoms with van der Waals surface area (Å²) in [6.45, 7) is 6.71. The minimum absolute atomic E-state index is 0.0121. The van der Waals surface area contributed by atoms with Gasteiger partial charge >= 0.3 is 6.09 Å². The van der Waals surface area contributed by atoms with Gasteiger partial charge in [-0.3, -0.25) is 14.7 Å². The highest BCUT2D eigenvalue weighted by atomic mass is 19.1. The first-order valence-corrected chi connectivity index (χ1v) is 14.7. The first-order valence-electron chi connectivity index (χ1n) is 14.7. The molecule has 3 aromatic rings. The number of ether oxygens (including phenoxy) is 1. The summed E-state index contributed by atoms with van der Waals surface area (Å²) >= 11 is 0. The van der Waals surface area contributed by atoms with Gasteiger partial charge in [0.2, 0.25) is 5.91 Å². The number of H-pyrrole nitrogens is 1. The number of alkyl carbamates (subject to hydrolysis) is 1. The normalized spacial score (nSPS) is 14.8. The molecular formula is C31H39F2N7O4. The lowest BCUT2D eigenvalue weighted by Crippen LogP contribution is -2.43. The van der Waals surface area contributed by atoms with Crippen molar-refractivity contribution in [1.29, 1.82) is 0 Å². The van der Waals surface area contributed by atoms with Gasteiger partial charge in [-0.15, -0.1) is 0 Å². The number of halogens is 2. The van der Waals surface area contributed by atoms with Gasteiger partial charge in [-0.25, -0.2) is 18.6 Å². The van der Waals surface area contributed by atoms with Crippen LogP contribution in [0.2, 0.25) is 0 Å². The van der Waals surface area contributed by atoms with Crippen LogP contribution in [0.25, 0.3) is 11.3 Å². The van der Waals surface area contributed by atoms with Crippen LogP contribution in [0.1, 0.15) is 62.4 Å². The molecule has 13 heteroatoms. The summed E-state index contributed by atoms with van der Waals surface area (Å²) in [6.07, 6.45) is 5.06. The maximum atomic E-state index is 15.1. The van der Waals surface area contributed by atoms with Crippen molar-refractivity contribution in [3.63, 3.8) is 0 Å². The number of hydrogen-bond acceptors (Lipinski definition) is 7. The predicted molar refractivity (Wildman–Crippen MR) is 161 cm³/mol. The second-order valence-electron chi connectivity index (χ2n) is 11.6. The minimum Gasteiger partial charge on any atom is -0.444 e. The maximum absolute atomic E-state index is 15.1. The first kappa shape index (κ1) is 32.4. The molecule has 0 saturated carbocycles. The number of benzene rings is 1. The number of rotatable bonds is 12. The van der Waals surface area contributed by atoms with Gasteiger partial charge in [0.1, 0.15) is 22.9 Å². The third kappa shape index (κ3) is 9.22. The van der Waals surface area contributed by atoms with Crippen LogP contribution >= 0.6 is 0 Å². The molecule has 0 spiro atoms. The summed E-state index contributed by atoms with van der Waals surface area (Å²) in [4.78, 5) is 44.2. The van der Waals surface area contributed by atoms with E-state index in [2.05, 4.69) is 31.1 Å². The summed E-state index contributed by atoms with van der Waals surface area (Å²) < 4.78 is 33.9. The Morgan fingerprint density at radius 3 is 2.68 bits per heavy atom. The largest absolute Gasteiger partial charge is 0.444 e. The van der Waals surface area contributed by atoms with Crippen molar-refractivity contribution < 1.29 is 27.9 Å². The van der Waals surface area contributed by atoms with E-state index in [1.165, 1.54) is 24.5 Å². The quantitative estimate of drug-likeness (QED) is 0.222. The molecule has 44 heavy (non-hydrogen) atoms. The van der Waals surface area contributed by atoms with E-state index >= 15 is 4.39 Å². The number of likely N-dealkylation sites (tertiary alicyclic amines) is 1. The van der Waals surface area contributed by atoms with Gasteiger partial charge in [0.25, 0.3) is 5.91 Å². The Labute approximate surface area is 255 Å². The summed E-state index contributed by atoms with van der Waals surface area (Å²) in [6, 6.07) is 7.12. The van der Waals surface area contributed by atoms with Crippen molar-refractivity contribution in [2.75, 3.05) is 31.5 Å². The molecule has 236 valence electrons. The lowest BCUT2D eigenvalue weighted by molar-refractivity contribution is -0.132. The van der Waals surface area contributed by atoms with Gasteiger partial charge in [0.05, 0.1) is 11.8 Å². The molecule has 2 aromatic heterocycles. The fourth-order valence-corrected chi connectivity index (χ4v) is 4.97. The number of aromatic amines is 1. The zero-order valence-electron chi connectivity index (χ0n) is 25.2. The van der Waals surface area contributed by atoms with Gasteiger partial charge < -0.3 is 25.6 Å². The summed E-state index contributed by atoms with van der Waals surface area (Å²) in [5.41, 5.74) is 0.614. The highest BCUT2D eigenvalue weighted by molar-refractivity contribution is 5.99. The molecule has 0 unspecified atom stereocenters. The molecule has 1 aromatic carbocycles. The molecule has 3 heterocycles. The number of carbonyl (C=O) groups excluding carboxylic acids is 3. The van der Waals surface area contributed by atoms with Crippen molar-refractivity contribution in [3.05, 3.63) is 65.5 Å². The molecule has 0 radical (unpaired) electrons. The zero-order valence-corrected chi connectivity index (χ0v) is 25.2. The SMILES string of the molecule is CC(C)(C)OC(=O)NCCCC(=O)N1CCC[C@@H]1CNC(=O)c1cc(F)c(-c2cn[nH]c2)nc1NCCc1cccc(F)c1. The van der Waals surface area contributed by atoms with Crippen molar-refractivity contribution in [3.8, 4) is 11.3 Å². The van der Waals surface area contributed by atoms with E-state index < -0.39 is 23.4 Å². The van der Waals surface area contributed by atoms with Crippen LogP contribution in [-0.2, 0) is 16.0 Å². The smallest absolute Gasteiger partial charge is 0.407 e. The molecular weight excluding hydrogens is 572 g/mol. The third-order valence-electron chi connectivity index (χ3n) is 7.02. The van der Waals surface area contributed by atoms with E-state index in [-0.39, 0.29) is 47.8 Å². The molecule has 1 atom stereocenters. The molecule has 11 nitrogen and oxygen atoms in total. The Kier molecular flexibility index (Phi) is 10.9. The fourth-order valence-electron chi connectivity index (χ4n) is 4.97. The Hall–Kier alpha value is -4.55. The predicted octanol–water partition coefficient (Wildman–Crippen LogP) is 4.43.